The van der Waals surface area contributed by atoms with Crippen LogP contribution in [0.3, 0.4) is 0 Å². The van der Waals surface area contributed by atoms with Crippen molar-refractivity contribution in [1.82, 2.24) is 14.3 Å². The summed E-state index contributed by atoms with van der Waals surface area (Å²) < 4.78 is 26.3. The zero-order valence-corrected chi connectivity index (χ0v) is 11.5. The second-order valence-corrected chi connectivity index (χ2v) is 7.20. The largest absolute Gasteiger partial charge is 0.332 e. The Balaban J connectivity index is 1.92. The summed E-state index contributed by atoms with van der Waals surface area (Å²) in [7, 11) is -3.44. The maximum Gasteiger partial charge on any atom is 0.260 e. The first-order valence-electron chi connectivity index (χ1n) is 5.64. The quantitative estimate of drug-likeness (QED) is 0.909. The Kier molecular flexibility index (Phi) is 2.76. The van der Waals surface area contributed by atoms with Crippen LogP contribution in [0.25, 0.3) is 0 Å². The number of aromatic nitrogens is 2. The standard InChI is InChI=1S/C11H13N3O2S2/c1-8-12-6-11(13-8)18(15,16)14-4-2-10-9(7-14)3-5-17-10/h3,5-6H,2,4,7H2,1H3,(H,12,13). The van der Waals surface area contributed by atoms with Gasteiger partial charge >= 0.3 is 0 Å². The number of aryl methyl sites for hydroxylation is 1. The molecule has 1 aliphatic rings. The molecule has 7 heteroatoms. The van der Waals surface area contributed by atoms with Crippen LogP contribution < -0.4 is 0 Å². The van der Waals surface area contributed by atoms with Gasteiger partial charge in [-0.05, 0) is 30.4 Å². The minimum Gasteiger partial charge on any atom is -0.332 e. The Morgan fingerprint density at radius 2 is 2.33 bits per heavy atom. The number of fused-ring (bicyclic) bond motifs is 1. The fraction of sp³-hybridized carbons (Fsp3) is 0.364. The van der Waals surface area contributed by atoms with Crippen LogP contribution in [0, 0.1) is 6.92 Å². The molecule has 5 nitrogen and oxygen atoms in total. The molecule has 96 valence electrons. The molecular weight excluding hydrogens is 270 g/mol. The van der Waals surface area contributed by atoms with E-state index in [1.807, 2.05) is 11.4 Å². The molecule has 0 amide bonds. The molecule has 0 bridgehead atoms. The summed E-state index contributed by atoms with van der Waals surface area (Å²) in [5, 5.41) is 2.19. The number of nitrogens with one attached hydrogen (secondary N) is 1. The summed E-state index contributed by atoms with van der Waals surface area (Å²) >= 11 is 1.70. The SMILES string of the molecule is Cc1ncc(S(=O)(=O)N2CCc3sccc3C2)[nH]1. The van der Waals surface area contributed by atoms with Gasteiger partial charge in [0.1, 0.15) is 5.82 Å². The van der Waals surface area contributed by atoms with Crippen LogP contribution >= 0.6 is 11.3 Å². The monoisotopic (exact) mass is 283 g/mol. The van der Waals surface area contributed by atoms with Gasteiger partial charge in [0.05, 0.1) is 6.20 Å². The van der Waals surface area contributed by atoms with Gasteiger partial charge in [0, 0.05) is 18.0 Å². The molecule has 0 radical (unpaired) electrons. The molecule has 0 fully saturated rings. The number of aromatic amines is 1. The molecule has 1 aliphatic heterocycles. The number of H-pyrrole nitrogens is 1. The molecule has 0 saturated heterocycles. The zero-order valence-electron chi connectivity index (χ0n) is 9.88. The minimum absolute atomic E-state index is 0.179. The van der Waals surface area contributed by atoms with E-state index in [1.165, 1.54) is 15.4 Å². The highest BCUT2D eigenvalue weighted by Crippen LogP contribution is 2.27. The molecule has 3 heterocycles. The van der Waals surface area contributed by atoms with E-state index in [-0.39, 0.29) is 5.03 Å². The predicted octanol–water partition coefficient (Wildman–Crippen LogP) is 1.53. The first-order valence-corrected chi connectivity index (χ1v) is 7.96. The summed E-state index contributed by atoms with van der Waals surface area (Å²) in [5.74, 6) is 0.613. The molecular formula is C11H13N3O2S2. The first-order chi connectivity index (χ1) is 8.57. The van der Waals surface area contributed by atoms with E-state index in [4.69, 9.17) is 0 Å². The molecule has 1 N–H and O–H groups in total. The molecule has 0 unspecified atom stereocenters. The molecule has 0 spiro atoms. The van der Waals surface area contributed by atoms with Crippen LogP contribution in [0.5, 0.6) is 0 Å². The topological polar surface area (TPSA) is 66.1 Å². The highest BCUT2D eigenvalue weighted by Gasteiger charge is 2.29. The predicted molar refractivity (Wildman–Crippen MR) is 68.9 cm³/mol. The molecule has 18 heavy (non-hydrogen) atoms. The summed E-state index contributed by atoms with van der Waals surface area (Å²) in [4.78, 5) is 8.04. The first kappa shape index (κ1) is 11.9. The van der Waals surface area contributed by atoms with Crippen molar-refractivity contribution in [2.75, 3.05) is 6.54 Å². The van der Waals surface area contributed by atoms with E-state index in [1.54, 1.807) is 18.3 Å². The highest BCUT2D eigenvalue weighted by atomic mass is 32.2. The lowest BCUT2D eigenvalue weighted by atomic mass is 10.1. The van der Waals surface area contributed by atoms with Crippen molar-refractivity contribution < 1.29 is 8.42 Å². The van der Waals surface area contributed by atoms with Gasteiger partial charge < -0.3 is 4.98 Å². The van der Waals surface area contributed by atoms with E-state index < -0.39 is 10.0 Å². The van der Waals surface area contributed by atoms with Crippen LogP contribution in [0.2, 0.25) is 0 Å². The van der Waals surface area contributed by atoms with Gasteiger partial charge in [0.15, 0.2) is 5.03 Å². The Morgan fingerprint density at radius 3 is 3.06 bits per heavy atom. The van der Waals surface area contributed by atoms with Crippen molar-refractivity contribution in [1.29, 1.82) is 0 Å². The maximum atomic E-state index is 12.4. The Labute approximate surface area is 110 Å². The summed E-state index contributed by atoms with van der Waals surface area (Å²) in [6.07, 6.45) is 2.17. The molecule has 0 aromatic carbocycles. The average molecular weight is 283 g/mol. The number of sulfonamides is 1. The average Bonchev–Trinajstić information content (AvgIpc) is 2.96. The van der Waals surface area contributed by atoms with Gasteiger partial charge in [0.25, 0.3) is 10.0 Å². The molecule has 2 aromatic heterocycles. The summed E-state index contributed by atoms with van der Waals surface area (Å²) in [5.41, 5.74) is 1.12. The van der Waals surface area contributed by atoms with Gasteiger partial charge in [0.2, 0.25) is 0 Å². The van der Waals surface area contributed by atoms with Crippen LogP contribution in [-0.2, 0) is 23.0 Å². The van der Waals surface area contributed by atoms with Crippen LogP contribution in [0.1, 0.15) is 16.3 Å². The number of hydrogen-bond acceptors (Lipinski definition) is 4. The Hall–Kier alpha value is -1.18. The van der Waals surface area contributed by atoms with Crippen molar-refractivity contribution in [2.45, 2.75) is 24.9 Å². The van der Waals surface area contributed by atoms with Gasteiger partial charge in [-0.3, -0.25) is 0 Å². The van der Waals surface area contributed by atoms with Gasteiger partial charge in [-0.2, -0.15) is 4.31 Å². The minimum atomic E-state index is -3.44. The normalized spacial score (nSPS) is 16.7. The lowest BCUT2D eigenvalue weighted by Gasteiger charge is -2.25. The van der Waals surface area contributed by atoms with E-state index in [9.17, 15) is 8.42 Å². The van der Waals surface area contributed by atoms with Crippen LogP contribution in [0.4, 0.5) is 0 Å². The lowest BCUT2D eigenvalue weighted by Crippen LogP contribution is -2.35. The molecule has 0 atom stereocenters. The molecule has 0 aliphatic carbocycles. The van der Waals surface area contributed by atoms with E-state index in [0.29, 0.717) is 18.9 Å². The smallest absolute Gasteiger partial charge is 0.260 e. The number of hydrogen-bond donors (Lipinski definition) is 1. The lowest BCUT2D eigenvalue weighted by molar-refractivity contribution is 0.392. The Bertz CT molecular complexity index is 672. The Morgan fingerprint density at radius 1 is 1.50 bits per heavy atom. The zero-order chi connectivity index (χ0) is 12.8. The van der Waals surface area contributed by atoms with Crippen LogP contribution in [0.15, 0.2) is 22.7 Å². The highest BCUT2D eigenvalue weighted by molar-refractivity contribution is 7.89. The van der Waals surface area contributed by atoms with E-state index in [0.717, 1.165) is 12.0 Å². The summed E-state index contributed by atoms with van der Waals surface area (Å²) in [6, 6.07) is 2.00. The van der Waals surface area contributed by atoms with E-state index in [2.05, 4.69) is 9.97 Å². The number of nitrogens with zero attached hydrogens (tertiary/aromatic N) is 2. The fourth-order valence-electron chi connectivity index (χ4n) is 2.10. The van der Waals surface area contributed by atoms with Crippen molar-refractivity contribution >= 4 is 21.4 Å². The second kappa shape index (κ2) is 4.18. The molecule has 3 rings (SSSR count). The molecule has 0 saturated carbocycles. The summed E-state index contributed by atoms with van der Waals surface area (Å²) in [6.45, 7) is 2.74. The number of thiophene rings is 1. The van der Waals surface area contributed by atoms with Crippen molar-refractivity contribution in [2.24, 2.45) is 0 Å². The van der Waals surface area contributed by atoms with Gasteiger partial charge in [-0.25, -0.2) is 13.4 Å². The number of rotatable bonds is 2. The van der Waals surface area contributed by atoms with Crippen molar-refractivity contribution in [3.05, 3.63) is 33.9 Å². The van der Waals surface area contributed by atoms with Crippen LogP contribution in [-0.4, -0.2) is 29.2 Å². The van der Waals surface area contributed by atoms with Crippen molar-refractivity contribution in [3.8, 4) is 0 Å². The fourth-order valence-corrected chi connectivity index (χ4v) is 4.37. The van der Waals surface area contributed by atoms with Gasteiger partial charge in [-0.15, -0.1) is 11.3 Å². The maximum absolute atomic E-state index is 12.4. The third-order valence-electron chi connectivity index (χ3n) is 3.07. The number of imidazole rings is 1. The second-order valence-electron chi connectivity index (χ2n) is 4.29. The third-order valence-corrected chi connectivity index (χ3v) is 5.85. The van der Waals surface area contributed by atoms with Gasteiger partial charge in [-0.1, -0.05) is 0 Å². The van der Waals surface area contributed by atoms with Crippen molar-refractivity contribution in [3.63, 3.8) is 0 Å². The molecule has 2 aromatic rings. The third kappa shape index (κ3) is 1.88. The van der Waals surface area contributed by atoms with E-state index >= 15 is 0 Å².